The zero-order valence-corrected chi connectivity index (χ0v) is 32.1. The first-order chi connectivity index (χ1) is 26.9. The summed E-state index contributed by atoms with van der Waals surface area (Å²) < 4.78 is 6.18. The lowest BCUT2D eigenvalue weighted by Crippen LogP contribution is -2.42. The van der Waals surface area contributed by atoms with Crippen LogP contribution in [0.1, 0.15) is 54.3 Å². The van der Waals surface area contributed by atoms with Crippen LogP contribution < -0.4 is 15.2 Å². The van der Waals surface area contributed by atoms with Crippen LogP contribution in [0, 0.1) is 0 Å². The molecule has 0 saturated carbocycles. The Morgan fingerprint density at radius 3 is 1.60 bits per heavy atom. The van der Waals surface area contributed by atoms with Gasteiger partial charge in [0, 0.05) is 118 Å². The van der Waals surface area contributed by atoms with Gasteiger partial charge in [0.25, 0.3) is 23.6 Å². The summed E-state index contributed by atoms with van der Waals surface area (Å²) in [6, 6.07) is 18.7. The molecule has 2 aliphatic rings. The lowest BCUT2D eigenvalue weighted by atomic mass is 9.93. The van der Waals surface area contributed by atoms with Gasteiger partial charge in [-0.15, -0.1) is 0 Å². The van der Waals surface area contributed by atoms with Crippen molar-refractivity contribution in [3.63, 3.8) is 0 Å². The molecule has 0 radical (unpaired) electrons. The Hall–Kier alpha value is -5.60. The zero-order valence-electron chi connectivity index (χ0n) is 30.4. The predicted molar refractivity (Wildman–Crippen MR) is 218 cm³/mol. The number of nitrogens with one attached hydrogen (secondary N) is 2. The normalized spacial score (nSPS) is 13.8. The first-order valence-electron chi connectivity index (χ1n) is 18.4. The number of hydrogen-bond donors (Lipinski definition) is 2. The topological polar surface area (TPSA) is 125 Å². The van der Waals surface area contributed by atoms with Crippen LogP contribution in [0.25, 0.3) is 21.5 Å². The molecule has 0 atom stereocenters. The maximum Gasteiger partial charge on any atom is 0.261 e. The van der Waals surface area contributed by atoms with Crippen molar-refractivity contribution in [2.45, 2.75) is 25.9 Å². The van der Waals surface area contributed by atoms with Gasteiger partial charge in [0.1, 0.15) is 12.4 Å². The van der Waals surface area contributed by atoms with Crippen molar-refractivity contribution in [1.29, 1.82) is 0 Å². The number of aromatic nitrogens is 4. The van der Waals surface area contributed by atoms with Crippen molar-refractivity contribution in [2.24, 2.45) is 7.05 Å². The quantitative estimate of drug-likeness (QED) is 0.0490. The monoisotopic (exact) mass is 773 g/mol. The molecule has 55 heavy (non-hydrogen) atoms. The van der Waals surface area contributed by atoms with Crippen molar-refractivity contribution >= 4 is 78.1 Å². The highest BCUT2D eigenvalue weighted by atomic mass is 33.1. The number of imide groups is 2. The number of benzene rings is 4. The third-order valence-corrected chi connectivity index (χ3v) is 12.4. The standard InChI is InChI=1S/C41H40N8O4S2/c1-45-20-21-47(27-45)18-5-15-44-35-13-11-33-37-29(35)7-3-9-31(37)39(51)49(41(33)53)23-25-55-54-24-22-48-38(50)30-8-2-6-28-34(12-10-32(36(28)30)40(48)52)43-14-4-17-46-19-16-42-26-46/h2-3,6-13,16,19-21,26-27H,4-5,14-15,17-18,22-25H2,1H3,(H-,43,44,50,51,52,53)/p+1. The number of nitrogens with zero attached hydrogens (tertiary/aromatic N) is 6. The largest absolute Gasteiger partial charge is 0.384 e. The highest BCUT2D eigenvalue weighted by Crippen LogP contribution is 2.36. The molecule has 8 rings (SSSR count). The highest BCUT2D eigenvalue weighted by Gasteiger charge is 2.34. The van der Waals surface area contributed by atoms with Gasteiger partial charge in [0.15, 0.2) is 0 Å². The van der Waals surface area contributed by atoms with Gasteiger partial charge in [-0.3, -0.25) is 29.0 Å². The first-order valence-corrected chi connectivity index (χ1v) is 20.9. The minimum Gasteiger partial charge on any atom is -0.384 e. The molecule has 0 bridgehead atoms. The van der Waals surface area contributed by atoms with E-state index in [0.29, 0.717) is 44.5 Å². The van der Waals surface area contributed by atoms with Gasteiger partial charge in [0.2, 0.25) is 6.33 Å². The fourth-order valence-corrected chi connectivity index (χ4v) is 9.31. The molecule has 0 spiro atoms. The molecule has 4 heterocycles. The average Bonchev–Trinajstić information content (AvgIpc) is 3.88. The molecular formula is C41H41N8O4S2+. The van der Waals surface area contributed by atoms with E-state index >= 15 is 0 Å². The van der Waals surface area contributed by atoms with E-state index in [0.717, 1.165) is 61.2 Å². The fourth-order valence-electron chi connectivity index (χ4n) is 7.40. The zero-order chi connectivity index (χ0) is 37.9. The number of hydrogen-bond acceptors (Lipinski definition) is 9. The molecule has 12 nitrogen and oxygen atoms in total. The smallest absolute Gasteiger partial charge is 0.261 e. The van der Waals surface area contributed by atoms with E-state index in [-0.39, 0.29) is 36.7 Å². The van der Waals surface area contributed by atoms with E-state index in [9.17, 15) is 19.2 Å². The van der Waals surface area contributed by atoms with Gasteiger partial charge in [-0.1, -0.05) is 45.9 Å². The summed E-state index contributed by atoms with van der Waals surface area (Å²) in [6.45, 7) is 3.70. The van der Waals surface area contributed by atoms with Gasteiger partial charge in [-0.05, 0) is 42.8 Å². The Balaban J connectivity index is 0.834. The average molecular weight is 774 g/mol. The predicted octanol–water partition coefficient (Wildman–Crippen LogP) is 6.09. The van der Waals surface area contributed by atoms with Gasteiger partial charge in [0.05, 0.1) is 19.9 Å². The Bertz CT molecular complexity index is 2380. The number of anilines is 2. The Kier molecular flexibility index (Phi) is 10.6. The van der Waals surface area contributed by atoms with Crippen LogP contribution in [0.2, 0.25) is 0 Å². The minimum atomic E-state index is -0.298. The highest BCUT2D eigenvalue weighted by molar-refractivity contribution is 8.76. The second-order valence-corrected chi connectivity index (χ2v) is 16.3. The molecule has 2 N–H and O–H groups in total. The molecule has 0 unspecified atom stereocenters. The van der Waals surface area contributed by atoms with Gasteiger partial charge < -0.3 is 15.2 Å². The van der Waals surface area contributed by atoms with Crippen LogP contribution in [0.5, 0.6) is 0 Å². The van der Waals surface area contributed by atoms with Crippen molar-refractivity contribution in [1.82, 2.24) is 23.9 Å². The van der Waals surface area contributed by atoms with Gasteiger partial charge in [-0.25, -0.2) is 14.1 Å². The number of aryl methyl sites for hydroxylation is 3. The molecule has 14 heteroatoms. The molecule has 280 valence electrons. The van der Waals surface area contributed by atoms with Gasteiger partial charge >= 0.3 is 0 Å². The molecule has 2 aliphatic heterocycles. The van der Waals surface area contributed by atoms with Crippen LogP contribution in [0.3, 0.4) is 0 Å². The third-order valence-electron chi connectivity index (χ3n) is 10.1. The minimum absolute atomic E-state index is 0.248. The maximum atomic E-state index is 13.6. The van der Waals surface area contributed by atoms with E-state index < -0.39 is 0 Å². The summed E-state index contributed by atoms with van der Waals surface area (Å²) in [7, 11) is 5.03. The van der Waals surface area contributed by atoms with Crippen LogP contribution in [-0.4, -0.2) is 85.2 Å². The van der Waals surface area contributed by atoms with Crippen LogP contribution >= 0.6 is 21.6 Å². The second-order valence-electron chi connectivity index (χ2n) is 13.6. The number of carbonyl (C=O) groups is 4. The second kappa shape index (κ2) is 16.0. The number of rotatable bonds is 17. The summed E-state index contributed by atoms with van der Waals surface area (Å²) in [4.78, 5) is 61.2. The fraction of sp³-hybridized carbons (Fsp3) is 0.268. The Morgan fingerprint density at radius 1 is 0.618 bits per heavy atom. The van der Waals surface area contributed by atoms with Crippen molar-refractivity contribution in [3.05, 3.63) is 120 Å². The molecule has 0 aliphatic carbocycles. The van der Waals surface area contributed by atoms with Crippen molar-refractivity contribution in [3.8, 4) is 0 Å². The van der Waals surface area contributed by atoms with Crippen LogP contribution in [0.4, 0.5) is 11.4 Å². The van der Waals surface area contributed by atoms with Crippen molar-refractivity contribution in [2.75, 3.05) is 48.3 Å². The number of carbonyl (C=O) groups excluding carboxylic acids is 4. The van der Waals surface area contributed by atoms with E-state index in [4.69, 9.17) is 0 Å². The molecule has 6 aromatic rings. The van der Waals surface area contributed by atoms with Crippen molar-refractivity contribution < 1.29 is 23.7 Å². The summed E-state index contributed by atoms with van der Waals surface area (Å²) in [6.07, 6.45) is 13.4. The summed E-state index contributed by atoms with van der Waals surface area (Å²) >= 11 is 0. The molecule has 4 aromatic carbocycles. The molecule has 2 aromatic heterocycles. The Morgan fingerprint density at radius 2 is 1.13 bits per heavy atom. The summed E-state index contributed by atoms with van der Waals surface area (Å²) in [5.74, 6) is -0.170. The van der Waals surface area contributed by atoms with E-state index in [1.807, 2.05) is 89.6 Å². The third kappa shape index (κ3) is 7.31. The van der Waals surface area contributed by atoms with E-state index in [2.05, 4.69) is 20.2 Å². The van der Waals surface area contributed by atoms with E-state index in [1.165, 1.54) is 31.4 Å². The lowest BCUT2D eigenvalue weighted by molar-refractivity contribution is -0.671. The molecular weight excluding hydrogens is 733 g/mol. The molecule has 0 saturated heterocycles. The molecule has 4 amide bonds. The maximum absolute atomic E-state index is 13.6. The van der Waals surface area contributed by atoms with Gasteiger partial charge in [-0.2, -0.15) is 0 Å². The lowest BCUT2D eigenvalue weighted by Gasteiger charge is -2.28. The van der Waals surface area contributed by atoms with E-state index in [1.54, 1.807) is 24.7 Å². The number of amides is 4. The summed E-state index contributed by atoms with van der Waals surface area (Å²) in [5, 5.41) is 10.1. The van der Waals surface area contributed by atoms with Crippen LogP contribution in [-0.2, 0) is 20.1 Å². The Labute approximate surface area is 326 Å². The first kappa shape index (κ1) is 36.4. The van der Waals surface area contributed by atoms with Crippen LogP contribution in [0.15, 0.2) is 98.1 Å². The molecule has 0 fully saturated rings. The number of imidazole rings is 2. The summed E-state index contributed by atoms with van der Waals surface area (Å²) in [5.41, 5.74) is 3.90. The SMILES string of the molecule is C[n+]1ccn(CCCNc2ccc3c4c(cccc24)C(=O)N(CCSSCCN2C(=O)c4cccc5c(NCCCn6ccnc6)ccc(c45)C2=O)C3=O)c1.